The van der Waals surface area contributed by atoms with Crippen molar-refractivity contribution in [1.82, 2.24) is 9.80 Å². The topological polar surface area (TPSA) is 66.9 Å². The third-order valence-electron chi connectivity index (χ3n) is 4.18. The zero-order valence-electron chi connectivity index (χ0n) is 12.5. The first-order valence-corrected chi connectivity index (χ1v) is 8.33. The Morgan fingerprint density at radius 2 is 1.78 bits per heavy atom. The fourth-order valence-corrected chi connectivity index (χ4v) is 3.44. The number of rotatable bonds is 2. The molecule has 0 radical (unpaired) electrons. The highest BCUT2D eigenvalue weighted by molar-refractivity contribution is 9.10. The first kappa shape index (κ1) is 16.1. The smallest absolute Gasteiger partial charge is 0.255 e. The summed E-state index contributed by atoms with van der Waals surface area (Å²) in [6.45, 7) is 0.994. The molecule has 1 aromatic rings. The van der Waals surface area contributed by atoms with Crippen LogP contribution < -0.4 is 0 Å². The van der Waals surface area contributed by atoms with Gasteiger partial charge in [0.2, 0.25) is 0 Å². The maximum atomic E-state index is 12.5. The predicted molar refractivity (Wildman–Crippen MR) is 85.7 cm³/mol. The first-order chi connectivity index (χ1) is 11.1. The van der Waals surface area contributed by atoms with E-state index in [0.717, 1.165) is 4.47 Å². The molecule has 7 heteroatoms. The van der Waals surface area contributed by atoms with E-state index >= 15 is 0 Å². The van der Waals surface area contributed by atoms with Crippen molar-refractivity contribution in [3.05, 3.63) is 34.3 Å². The second-order valence-corrected chi connectivity index (χ2v) is 6.60. The van der Waals surface area contributed by atoms with Crippen molar-refractivity contribution < 1.29 is 19.1 Å². The van der Waals surface area contributed by atoms with Crippen LogP contribution in [0.15, 0.2) is 28.7 Å². The number of nitrogens with zero attached hydrogens (tertiary/aromatic N) is 2. The summed E-state index contributed by atoms with van der Waals surface area (Å²) in [6, 6.07) is 7.15. The van der Waals surface area contributed by atoms with Crippen molar-refractivity contribution in [2.75, 3.05) is 26.3 Å². The van der Waals surface area contributed by atoms with Gasteiger partial charge in [0.1, 0.15) is 13.2 Å². The number of benzene rings is 1. The number of amides is 3. The van der Waals surface area contributed by atoms with Crippen LogP contribution in [-0.2, 0) is 14.3 Å². The molecule has 122 valence electrons. The van der Waals surface area contributed by atoms with Gasteiger partial charge in [-0.2, -0.15) is 0 Å². The van der Waals surface area contributed by atoms with Crippen molar-refractivity contribution in [3.8, 4) is 0 Å². The van der Waals surface area contributed by atoms with Gasteiger partial charge in [-0.05, 0) is 31.0 Å². The van der Waals surface area contributed by atoms with Gasteiger partial charge in [0.05, 0.1) is 0 Å². The summed E-state index contributed by atoms with van der Waals surface area (Å²) in [6.07, 6.45) is 1.22. The summed E-state index contributed by atoms with van der Waals surface area (Å²) in [5.41, 5.74) is 0.636. The van der Waals surface area contributed by atoms with Gasteiger partial charge in [-0.15, -0.1) is 0 Å². The standard InChI is InChI=1S/C16H17BrN2O4/c17-12-3-1-2-11(8-12)16(22)18-6-4-13(5-7-18)19-14(20)9-23-10-15(19)21/h1-3,8,13H,4-7,9-10H2. The molecule has 0 bridgehead atoms. The number of hydrogen-bond acceptors (Lipinski definition) is 4. The molecule has 2 aliphatic rings. The van der Waals surface area contributed by atoms with Gasteiger partial charge in [0, 0.05) is 29.2 Å². The third-order valence-corrected chi connectivity index (χ3v) is 4.67. The third kappa shape index (κ3) is 3.45. The molecule has 2 fully saturated rings. The Labute approximate surface area is 142 Å². The highest BCUT2D eigenvalue weighted by Gasteiger charge is 2.35. The van der Waals surface area contributed by atoms with Crippen LogP contribution >= 0.6 is 15.9 Å². The highest BCUT2D eigenvalue weighted by atomic mass is 79.9. The van der Waals surface area contributed by atoms with Crippen LogP contribution in [-0.4, -0.2) is 59.9 Å². The lowest BCUT2D eigenvalue weighted by Gasteiger charge is -2.38. The minimum Gasteiger partial charge on any atom is -0.362 e. The second kappa shape index (κ2) is 6.80. The molecule has 3 rings (SSSR count). The molecule has 0 saturated carbocycles. The Kier molecular flexibility index (Phi) is 4.77. The summed E-state index contributed by atoms with van der Waals surface area (Å²) in [5, 5.41) is 0. The fraction of sp³-hybridized carbons (Fsp3) is 0.438. The Morgan fingerprint density at radius 3 is 2.39 bits per heavy atom. The summed E-state index contributed by atoms with van der Waals surface area (Å²) in [7, 11) is 0. The van der Waals surface area contributed by atoms with Crippen LogP contribution in [0.3, 0.4) is 0 Å². The Hall–Kier alpha value is -1.73. The van der Waals surface area contributed by atoms with E-state index in [2.05, 4.69) is 15.9 Å². The van der Waals surface area contributed by atoms with E-state index in [1.54, 1.807) is 17.0 Å². The molecule has 1 aromatic carbocycles. The van der Waals surface area contributed by atoms with E-state index in [-0.39, 0.29) is 37.0 Å². The lowest BCUT2D eigenvalue weighted by atomic mass is 10.0. The van der Waals surface area contributed by atoms with Crippen molar-refractivity contribution in [2.45, 2.75) is 18.9 Å². The van der Waals surface area contributed by atoms with Crippen LogP contribution in [0.1, 0.15) is 23.2 Å². The first-order valence-electron chi connectivity index (χ1n) is 7.54. The average molecular weight is 381 g/mol. The van der Waals surface area contributed by atoms with Gasteiger partial charge >= 0.3 is 0 Å². The number of morpholine rings is 1. The lowest BCUT2D eigenvalue weighted by molar-refractivity contribution is -0.162. The van der Waals surface area contributed by atoms with Crippen molar-refractivity contribution in [2.24, 2.45) is 0 Å². The van der Waals surface area contributed by atoms with Crippen molar-refractivity contribution in [1.29, 1.82) is 0 Å². The molecule has 0 atom stereocenters. The number of halogens is 1. The number of carbonyl (C=O) groups is 3. The Balaban J connectivity index is 1.63. The van der Waals surface area contributed by atoms with Gasteiger partial charge < -0.3 is 9.64 Å². The van der Waals surface area contributed by atoms with E-state index in [4.69, 9.17) is 4.74 Å². The molecule has 0 N–H and O–H groups in total. The quantitative estimate of drug-likeness (QED) is 0.728. The zero-order chi connectivity index (χ0) is 16.4. The predicted octanol–water partition coefficient (Wildman–Crippen LogP) is 1.44. The number of imide groups is 1. The van der Waals surface area contributed by atoms with E-state index in [1.165, 1.54) is 4.90 Å². The largest absolute Gasteiger partial charge is 0.362 e. The van der Waals surface area contributed by atoms with Gasteiger partial charge in [-0.1, -0.05) is 22.0 Å². The molecule has 0 aliphatic carbocycles. The maximum absolute atomic E-state index is 12.5. The molecule has 0 spiro atoms. The van der Waals surface area contributed by atoms with Crippen LogP contribution in [0.4, 0.5) is 0 Å². The molecule has 6 nitrogen and oxygen atoms in total. The van der Waals surface area contributed by atoms with E-state index < -0.39 is 0 Å². The molecule has 3 amide bonds. The van der Waals surface area contributed by atoms with E-state index in [1.807, 2.05) is 12.1 Å². The summed E-state index contributed by atoms with van der Waals surface area (Å²) in [5.74, 6) is -0.583. The molecule has 2 saturated heterocycles. The Bertz CT molecular complexity index is 625. The van der Waals surface area contributed by atoms with Crippen LogP contribution in [0.2, 0.25) is 0 Å². The monoisotopic (exact) mass is 380 g/mol. The highest BCUT2D eigenvalue weighted by Crippen LogP contribution is 2.21. The van der Waals surface area contributed by atoms with Crippen LogP contribution in [0.5, 0.6) is 0 Å². The number of hydrogen-bond donors (Lipinski definition) is 0. The molecule has 2 heterocycles. The minimum atomic E-state index is -0.280. The molecule has 0 unspecified atom stereocenters. The fourth-order valence-electron chi connectivity index (χ4n) is 3.04. The van der Waals surface area contributed by atoms with Crippen LogP contribution in [0, 0.1) is 0 Å². The molecular formula is C16H17BrN2O4. The average Bonchev–Trinajstić information content (AvgIpc) is 2.55. The van der Waals surface area contributed by atoms with Crippen molar-refractivity contribution >= 4 is 33.7 Å². The lowest BCUT2D eigenvalue weighted by Crippen LogP contribution is -2.55. The van der Waals surface area contributed by atoms with Gasteiger partial charge in [0.25, 0.3) is 17.7 Å². The number of piperidine rings is 1. The SMILES string of the molecule is O=C(c1cccc(Br)c1)N1CCC(N2C(=O)COCC2=O)CC1. The van der Waals surface area contributed by atoms with Crippen molar-refractivity contribution in [3.63, 3.8) is 0 Å². The summed E-state index contributed by atoms with van der Waals surface area (Å²) >= 11 is 3.37. The number of likely N-dealkylation sites (tertiary alicyclic amines) is 1. The van der Waals surface area contributed by atoms with Gasteiger partial charge in [0.15, 0.2) is 0 Å². The van der Waals surface area contributed by atoms with Gasteiger partial charge in [-0.25, -0.2) is 0 Å². The summed E-state index contributed by atoms with van der Waals surface area (Å²) in [4.78, 5) is 39.3. The number of ether oxygens (including phenoxy) is 1. The van der Waals surface area contributed by atoms with Crippen LogP contribution in [0.25, 0.3) is 0 Å². The van der Waals surface area contributed by atoms with Gasteiger partial charge in [-0.3, -0.25) is 19.3 Å². The molecule has 0 aromatic heterocycles. The molecule has 23 heavy (non-hydrogen) atoms. The van der Waals surface area contributed by atoms with E-state index in [9.17, 15) is 14.4 Å². The molecular weight excluding hydrogens is 364 g/mol. The normalized spacial score (nSPS) is 20.0. The molecule has 2 aliphatic heterocycles. The minimum absolute atomic E-state index is 0.0237. The Morgan fingerprint density at radius 1 is 1.13 bits per heavy atom. The summed E-state index contributed by atoms with van der Waals surface area (Å²) < 4.78 is 5.80. The maximum Gasteiger partial charge on any atom is 0.255 e. The zero-order valence-corrected chi connectivity index (χ0v) is 14.1. The second-order valence-electron chi connectivity index (χ2n) is 5.68. The van der Waals surface area contributed by atoms with E-state index in [0.29, 0.717) is 31.5 Å². The number of carbonyl (C=O) groups excluding carboxylic acids is 3.